The minimum atomic E-state index is -1.88. The van der Waals surface area contributed by atoms with Crippen LogP contribution in [-0.2, 0) is 60.7 Å². The van der Waals surface area contributed by atoms with Crippen LogP contribution in [0.25, 0.3) is 10.8 Å². The Morgan fingerprint density at radius 3 is 1.55 bits per heavy atom. The van der Waals surface area contributed by atoms with E-state index in [1.807, 2.05) is 70.2 Å². The number of amides is 2. The number of aliphatic hydroxyl groups is 13. The summed E-state index contributed by atoms with van der Waals surface area (Å²) in [5.41, 5.74) is 5.37. The van der Waals surface area contributed by atoms with Gasteiger partial charge in [0.1, 0.15) is 54.4 Å². The lowest BCUT2D eigenvalue weighted by Crippen LogP contribution is -2.46. The van der Waals surface area contributed by atoms with Gasteiger partial charge >= 0.3 is 6.02 Å². The number of hydrogen-bond donors (Lipinski definition) is 19. The summed E-state index contributed by atoms with van der Waals surface area (Å²) in [4.78, 5) is 82.4. The Labute approximate surface area is 736 Å². The number of aromatic nitrogens is 1. The Morgan fingerprint density at radius 2 is 1.02 bits per heavy atom. The Hall–Kier alpha value is -12.3. The second kappa shape index (κ2) is 53.2. The lowest BCUT2D eigenvalue weighted by atomic mass is 10.0. The van der Waals surface area contributed by atoms with E-state index in [9.17, 15) is 76.0 Å². The molecule has 0 saturated carbocycles. The molecule has 0 radical (unpaired) electrons. The molecular weight excluding hydrogens is 1650 g/mol. The third-order valence-corrected chi connectivity index (χ3v) is 19.8. The molecule has 1 aliphatic heterocycles. The van der Waals surface area contributed by atoms with Crippen molar-refractivity contribution in [2.75, 3.05) is 83.6 Å². The van der Waals surface area contributed by atoms with Crippen molar-refractivity contribution in [2.45, 2.75) is 185 Å². The van der Waals surface area contributed by atoms with Crippen LogP contribution in [0, 0.1) is 16.7 Å². The van der Waals surface area contributed by atoms with Crippen molar-refractivity contribution < 1.29 is 95.0 Å². The van der Waals surface area contributed by atoms with Crippen LogP contribution in [0.3, 0.4) is 0 Å². The van der Waals surface area contributed by atoms with Crippen molar-refractivity contribution in [1.82, 2.24) is 20.7 Å². The summed E-state index contributed by atoms with van der Waals surface area (Å²) in [6.45, 7) is 11.4. The van der Waals surface area contributed by atoms with Gasteiger partial charge in [-0.25, -0.2) is 55.4 Å². The Kier molecular flexibility index (Phi) is 42.5. The number of hydroxylamine groups is 1. The van der Waals surface area contributed by atoms with E-state index >= 15 is 0 Å². The lowest BCUT2D eigenvalue weighted by Gasteiger charge is -2.27. The highest BCUT2D eigenvalue weighted by atomic mass is 35.5. The first-order chi connectivity index (χ1) is 60.3. The lowest BCUT2D eigenvalue weighted by molar-refractivity contribution is -0.132. The Bertz CT molecular complexity index is 4760. The number of amidine groups is 2. The molecule has 19 N–H and O–H groups in total. The molecule has 38 heteroatoms. The van der Waals surface area contributed by atoms with E-state index < -0.39 is 138 Å². The Balaban J connectivity index is 1.29. The molecule has 7 rings (SSSR count). The van der Waals surface area contributed by atoms with Gasteiger partial charge in [-0.3, -0.25) is 30.2 Å². The number of hydrogen-bond acceptors (Lipinski definition) is 21. The van der Waals surface area contributed by atoms with Gasteiger partial charge in [0.2, 0.25) is 64.9 Å². The predicted octanol–water partition coefficient (Wildman–Crippen LogP) is 11.4. The van der Waals surface area contributed by atoms with Crippen LogP contribution in [0.5, 0.6) is 0 Å². The number of anilines is 2. The number of ether oxygens (including phenoxy) is 3. The summed E-state index contributed by atoms with van der Waals surface area (Å²) in [7, 11) is 1.33. The van der Waals surface area contributed by atoms with Crippen molar-refractivity contribution in [3.05, 3.63) is 173 Å². The zero-order valence-electron chi connectivity index (χ0n) is 71.8. The molecule has 1 saturated heterocycles. The number of nitrogens with one attached hydrogen (secondary N) is 6. The van der Waals surface area contributed by atoms with E-state index in [1.165, 1.54) is 50.4 Å². The SMILES string of the molecule is CONC(O)=NCCOCCOCCOCCC(=O)Nc1ccc(CC(N=C(O)C(CO)N=C(O)C(Cc2cccnc2)N=C(O)C(Cc2ccc(Cl)cc2)N=C(O)C(Cc2ccc3ccccc3c2)N=C(C)O)C(O)=NC(Cc2ccc(NC(=N)O)cc2)C(O)=NC(CC(C)C)C(O)=NC(CCCCNC(C)C)C(=O)N2CCCC2C(O)=NC(C)C(=N)O)cc1. The molecule has 10 atom stereocenters. The van der Waals surface area contributed by atoms with E-state index in [0.29, 0.717) is 70.9 Å². The fourth-order valence-electron chi connectivity index (χ4n) is 13.2. The molecule has 6 aromatic rings. The molecule has 0 spiro atoms. The van der Waals surface area contributed by atoms with Crippen molar-refractivity contribution in [2.24, 2.45) is 55.8 Å². The fraction of sp³-hybridized carbons (Fsp3) is 0.466. The summed E-state index contributed by atoms with van der Waals surface area (Å²) < 4.78 is 16.6. The maximum atomic E-state index is 14.8. The summed E-state index contributed by atoms with van der Waals surface area (Å²) >= 11 is 6.31. The molecule has 10 unspecified atom stereocenters. The molecular formula is C88H119ClN18O19. The van der Waals surface area contributed by atoms with Crippen LogP contribution in [0.4, 0.5) is 11.4 Å². The van der Waals surface area contributed by atoms with Crippen LogP contribution in [0.2, 0.25) is 5.02 Å². The van der Waals surface area contributed by atoms with Crippen molar-refractivity contribution in [3.63, 3.8) is 0 Å². The molecule has 1 aromatic heterocycles. The highest BCUT2D eigenvalue weighted by Gasteiger charge is 2.38. The molecule has 2 heterocycles. The largest absolute Gasteiger partial charge is 0.497 e. The van der Waals surface area contributed by atoms with Gasteiger partial charge in [-0.2, -0.15) is 0 Å². The second-order valence-electron chi connectivity index (χ2n) is 30.6. The molecule has 126 heavy (non-hydrogen) atoms. The predicted molar refractivity (Wildman–Crippen MR) is 490 cm³/mol. The third kappa shape index (κ3) is 35.8. The van der Waals surface area contributed by atoms with Crippen LogP contribution < -0.4 is 21.4 Å². The normalized spacial score (nSPS) is 16.6. The number of aliphatic imine (C=N–C) groups is 10. The van der Waals surface area contributed by atoms with Gasteiger partial charge in [0.05, 0.1) is 66.3 Å². The van der Waals surface area contributed by atoms with Crippen molar-refractivity contribution in [3.8, 4) is 0 Å². The average molecular weight is 1770 g/mol. The number of pyridine rings is 1. The van der Waals surface area contributed by atoms with Gasteiger partial charge in [0.15, 0.2) is 11.9 Å². The second-order valence-corrected chi connectivity index (χ2v) is 31.0. The topological polar surface area (TPSA) is 570 Å². The quantitative estimate of drug-likeness (QED) is 0.00730. The third-order valence-electron chi connectivity index (χ3n) is 19.6. The van der Waals surface area contributed by atoms with Crippen LogP contribution >= 0.6 is 11.6 Å². The zero-order valence-corrected chi connectivity index (χ0v) is 72.5. The molecule has 682 valence electrons. The number of benzene rings is 5. The minimum absolute atomic E-state index is 0.0124. The van der Waals surface area contributed by atoms with Gasteiger partial charge in [-0.1, -0.05) is 124 Å². The number of carbonyl (C=O) groups is 2. The number of halogens is 1. The molecule has 0 aliphatic carbocycles. The minimum Gasteiger partial charge on any atom is -0.497 e. The van der Waals surface area contributed by atoms with E-state index in [0.717, 1.165) is 16.3 Å². The molecule has 5 aromatic carbocycles. The number of aliphatic hydroxyl groups excluding tert-OH is 13. The molecule has 2 amide bonds. The molecule has 1 fully saturated rings. The van der Waals surface area contributed by atoms with E-state index in [2.05, 4.69) is 81.2 Å². The van der Waals surface area contributed by atoms with E-state index in [4.69, 9.17) is 36.6 Å². The van der Waals surface area contributed by atoms with Gasteiger partial charge in [0, 0.05) is 80.4 Å². The van der Waals surface area contributed by atoms with E-state index in [1.54, 1.807) is 72.8 Å². The zero-order chi connectivity index (χ0) is 91.6. The monoisotopic (exact) mass is 1770 g/mol. The fourth-order valence-corrected chi connectivity index (χ4v) is 13.3. The molecule has 37 nitrogen and oxygen atoms in total. The van der Waals surface area contributed by atoms with Gasteiger partial charge in [-0.15, -0.1) is 0 Å². The van der Waals surface area contributed by atoms with Crippen molar-refractivity contribution in [1.29, 1.82) is 10.8 Å². The first kappa shape index (κ1) is 101. The first-order valence-corrected chi connectivity index (χ1v) is 41.9. The summed E-state index contributed by atoms with van der Waals surface area (Å²) in [5.74, 6) is -8.46. The summed E-state index contributed by atoms with van der Waals surface area (Å²) in [6.07, 6.45) is 3.90. The maximum absolute atomic E-state index is 14.8. The maximum Gasteiger partial charge on any atom is 0.306 e. The number of fused-ring (bicyclic) bond motifs is 1. The summed E-state index contributed by atoms with van der Waals surface area (Å²) in [5, 5.41) is 175. The van der Waals surface area contributed by atoms with Crippen LogP contribution in [0.1, 0.15) is 114 Å². The van der Waals surface area contributed by atoms with Gasteiger partial charge in [-0.05, 0) is 139 Å². The van der Waals surface area contributed by atoms with Crippen LogP contribution in [0.15, 0.2) is 190 Å². The van der Waals surface area contributed by atoms with Gasteiger partial charge in [0.25, 0.3) is 6.02 Å². The van der Waals surface area contributed by atoms with Gasteiger partial charge < -0.3 is 101 Å². The smallest absolute Gasteiger partial charge is 0.306 e. The highest BCUT2D eigenvalue weighted by molar-refractivity contribution is 6.30. The Morgan fingerprint density at radius 1 is 0.540 bits per heavy atom. The summed E-state index contributed by atoms with van der Waals surface area (Å²) in [6, 6.07) is 20.4. The number of nitrogens with zero attached hydrogens (tertiary/aromatic N) is 12. The number of likely N-dealkylation sites (tertiary alicyclic amines) is 1. The van der Waals surface area contributed by atoms with Crippen LogP contribution in [-0.4, -0.2) is 299 Å². The number of carbonyl (C=O) groups excluding carboxylic acids is 2. The number of rotatable bonds is 53. The standard InChI is InChI=1S/C88H119ClN18O19/c1-53(2)44-68(78(112)99-67(17-10-11-35-93-54(3)4)86(120)107-37-13-18-75(107)85(119)95-55(5)77(90)111)100-80(114)71(47-59-24-31-66(32-25-59)98-87(91)121)102-82(116)72(48-58-22-29-65(30-23-58)97-76(110)33-38-124-40-42-126-43-41-125-39-36-94-88(122)106-123-7)104-84(118)74(52-108)105-83(117)73(50-61-14-12-34-92-51-61)103-81(115)70(46-57-20-27-64(89)28-21-57)101-79(113)69(96-56(6)109)49-60-19-26-62-15-8-9-16-63(62)45-60/h8-9,12,14-16,19-32,34,45,51,53-55,67-75,93,108H,10-11,13,17-18,33,35-44,46-50,52H2,1-7H3,(H2,90,111)(H,95,119)(H,96,109)(H,97,110)(H,99,112)(H,100,114)(H,101,113)(H,102,116)(H,103,115)(H,104,118)(H,105,117)(H3,91,98,121)(H2,94,106,122). The highest BCUT2D eigenvalue weighted by Crippen LogP contribution is 2.26. The molecule has 0 bridgehead atoms. The average Bonchev–Trinajstić information content (AvgIpc) is 0.878. The van der Waals surface area contributed by atoms with E-state index in [-0.39, 0.29) is 128 Å². The molecule has 1 aliphatic rings. The first-order valence-electron chi connectivity index (χ1n) is 41.5. The number of unbranched alkanes of at least 4 members (excludes halogenated alkanes) is 1. The van der Waals surface area contributed by atoms with Crippen molar-refractivity contribution >= 4 is 117 Å².